The van der Waals surface area contributed by atoms with Gasteiger partial charge in [-0.3, -0.25) is 19.3 Å². The lowest BCUT2D eigenvalue weighted by Crippen LogP contribution is -2.49. The van der Waals surface area contributed by atoms with Gasteiger partial charge in [0.05, 0.1) is 11.8 Å². The molecule has 4 aliphatic carbocycles. The van der Waals surface area contributed by atoms with Crippen molar-refractivity contribution >= 4 is 23.4 Å². The molecule has 6 heteroatoms. The Morgan fingerprint density at radius 2 is 1.41 bits per heavy atom. The molecule has 196 valence electrons. The minimum absolute atomic E-state index is 0.118. The van der Waals surface area contributed by atoms with E-state index < -0.39 is 6.04 Å². The standard InChI is InChI=1S/C33H30N2O4/c1-19-7-11-22(12-8-19)39-23-13-9-21(10-14-23)34-31(36)28(17-20-5-3-2-4-6-20)35-32(37)29-24-15-16-25(27-18-26(24)27)30(29)33(35)38/h2-16,24-30H,17-18H2,1H3,(H,34,36)/t24-,25-,26-,27-,28-,29+,30+/m0/s1. The normalized spacial score (nSPS) is 28.6. The van der Waals surface area contributed by atoms with Gasteiger partial charge in [-0.1, -0.05) is 60.2 Å². The summed E-state index contributed by atoms with van der Waals surface area (Å²) in [5, 5.41) is 2.96. The minimum atomic E-state index is -0.919. The van der Waals surface area contributed by atoms with Gasteiger partial charge in [-0.25, -0.2) is 0 Å². The Kier molecular flexibility index (Phi) is 5.65. The van der Waals surface area contributed by atoms with E-state index in [1.807, 2.05) is 61.5 Å². The number of nitrogens with one attached hydrogen (secondary N) is 1. The van der Waals surface area contributed by atoms with Crippen molar-refractivity contribution in [2.75, 3.05) is 5.32 Å². The zero-order valence-corrected chi connectivity index (χ0v) is 21.7. The Morgan fingerprint density at radius 3 is 2.00 bits per heavy atom. The van der Waals surface area contributed by atoms with Gasteiger partial charge < -0.3 is 10.1 Å². The molecule has 1 heterocycles. The summed E-state index contributed by atoms with van der Waals surface area (Å²) in [5.74, 6) is 1.24. The lowest BCUT2D eigenvalue weighted by atomic mass is 9.63. The molecule has 3 amide bonds. The van der Waals surface area contributed by atoms with Crippen LogP contribution in [0.5, 0.6) is 11.5 Å². The first-order valence-electron chi connectivity index (χ1n) is 13.7. The molecule has 0 aromatic heterocycles. The maximum absolute atomic E-state index is 13.8. The van der Waals surface area contributed by atoms with Gasteiger partial charge >= 0.3 is 0 Å². The third-order valence-electron chi connectivity index (χ3n) is 8.96. The molecule has 3 fully saturated rings. The van der Waals surface area contributed by atoms with Crippen molar-refractivity contribution in [3.63, 3.8) is 0 Å². The minimum Gasteiger partial charge on any atom is -0.457 e. The van der Waals surface area contributed by atoms with Crippen LogP contribution >= 0.6 is 0 Å². The largest absolute Gasteiger partial charge is 0.457 e. The summed E-state index contributed by atoms with van der Waals surface area (Å²) < 4.78 is 5.91. The van der Waals surface area contributed by atoms with E-state index in [1.165, 1.54) is 4.90 Å². The van der Waals surface area contributed by atoms with Crippen LogP contribution in [-0.2, 0) is 20.8 Å². The molecule has 3 aromatic rings. The number of benzene rings is 3. The monoisotopic (exact) mass is 518 g/mol. The Hall–Kier alpha value is -4.19. The number of imide groups is 1. The van der Waals surface area contributed by atoms with Gasteiger partial charge in [0.2, 0.25) is 17.7 Å². The van der Waals surface area contributed by atoms with Gasteiger partial charge in [-0.2, -0.15) is 0 Å². The Bertz CT molecular complexity index is 1430. The smallest absolute Gasteiger partial charge is 0.248 e. The Labute approximate surface area is 227 Å². The molecule has 2 bridgehead atoms. The molecule has 7 atom stereocenters. The second-order valence-corrected chi connectivity index (χ2v) is 11.3. The van der Waals surface area contributed by atoms with E-state index in [1.54, 1.807) is 24.3 Å². The van der Waals surface area contributed by atoms with E-state index in [0.29, 0.717) is 23.3 Å². The van der Waals surface area contributed by atoms with Crippen LogP contribution in [0.25, 0.3) is 0 Å². The third kappa shape index (κ3) is 4.15. The van der Waals surface area contributed by atoms with Crippen molar-refractivity contribution in [1.82, 2.24) is 4.90 Å². The van der Waals surface area contributed by atoms with E-state index in [0.717, 1.165) is 23.3 Å². The second-order valence-electron chi connectivity index (χ2n) is 11.3. The summed E-state index contributed by atoms with van der Waals surface area (Å²) >= 11 is 0. The molecule has 3 aromatic carbocycles. The predicted molar refractivity (Wildman–Crippen MR) is 147 cm³/mol. The lowest BCUT2D eigenvalue weighted by molar-refractivity contribution is -0.146. The van der Waals surface area contributed by atoms with E-state index >= 15 is 0 Å². The molecule has 5 aliphatic rings. The number of rotatable bonds is 7. The number of ether oxygens (including phenoxy) is 1. The maximum Gasteiger partial charge on any atom is 0.248 e. The van der Waals surface area contributed by atoms with Gasteiger partial charge in [0.25, 0.3) is 0 Å². The SMILES string of the molecule is Cc1ccc(Oc2ccc(NC(=O)[C@H](Cc3ccccc3)N3C(=O)[C@@H]4[C@H]5C=C[C@@H]([C@@H]6C[C@@H]56)[C@H]4C3=O)cc2)cc1. The van der Waals surface area contributed by atoms with Crippen LogP contribution < -0.4 is 10.1 Å². The first-order chi connectivity index (χ1) is 19.0. The van der Waals surface area contributed by atoms with Crippen LogP contribution in [-0.4, -0.2) is 28.7 Å². The maximum atomic E-state index is 13.8. The zero-order valence-electron chi connectivity index (χ0n) is 21.7. The molecule has 0 unspecified atom stereocenters. The highest BCUT2D eigenvalue weighted by molar-refractivity contribution is 6.10. The van der Waals surface area contributed by atoms with E-state index in [9.17, 15) is 14.4 Å². The van der Waals surface area contributed by atoms with Crippen molar-refractivity contribution in [3.05, 3.63) is 102 Å². The number of anilines is 1. The highest BCUT2D eigenvalue weighted by atomic mass is 16.5. The topological polar surface area (TPSA) is 75.7 Å². The zero-order chi connectivity index (χ0) is 26.7. The number of allylic oxidation sites excluding steroid dienone is 2. The molecule has 1 N–H and O–H groups in total. The average molecular weight is 519 g/mol. The Balaban J connectivity index is 1.12. The second kappa shape index (κ2) is 9.23. The molecule has 2 saturated carbocycles. The lowest BCUT2D eigenvalue weighted by Gasteiger charge is -2.37. The van der Waals surface area contributed by atoms with E-state index in [4.69, 9.17) is 4.74 Å². The van der Waals surface area contributed by atoms with Crippen LogP contribution in [0.1, 0.15) is 17.5 Å². The van der Waals surface area contributed by atoms with Crippen LogP contribution in [0.3, 0.4) is 0 Å². The highest BCUT2D eigenvalue weighted by Gasteiger charge is 2.67. The van der Waals surface area contributed by atoms with Crippen LogP contribution in [0.4, 0.5) is 5.69 Å². The molecule has 6 nitrogen and oxygen atoms in total. The van der Waals surface area contributed by atoms with Crippen LogP contribution in [0, 0.1) is 42.4 Å². The average Bonchev–Trinajstić information content (AvgIpc) is 3.73. The number of nitrogens with zero attached hydrogens (tertiary/aromatic N) is 1. The first kappa shape index (κ1) is 23.9. The number of hydrogen-bond donors (Lipinski definition) is 1. The number of amides is 3. The summed E-state index contributed by atoms with van der Waals surface area (Å²) in [5.41, 5.74) is 2.63. The number of carbonyl (C=O) groups excluding carboxylic acids is 3. The molecule has 1 saturated heterocycles. The summed E-state index contributed by atoms with van der Waals surface area (Å²) in [7, 11) is 0. The van der Waals surface area contributed by atoms with E-state index in [2.05, 4.69) is 17.5 Å². The van der Waals surface area contributed by atoms with Crippen molar-refractivity contribution in [3.8, 4) is 11.5 Å². The fraction of sp³-hybridized carbons (Fsp3) is 0.303. The fourth-order valence-corrected chi connectivity index (χ4v) is 7.00. The van der Waals surface area contributed by atoms with Crippen molar-refractivity contribution < 1.29 is 19.1 Å². The van der Waals surface area contributed by atoms with Gasteiger partial charge in [-0.05, 0) is 79.0 Å². The molecule has 39 heavy (non-hydrogen) atoms. The van der Waals surface area contributed by atoms with Crippen LogP contribution in [0.2, 0.25) is 0 Å². The van der Waals surface area contributed by atoms with Crippen molar-refractivity contribution in [1.29, 1.82) is 0 Å². The van der Waals surface area contributed by atoms with Crippen molar-refractivity contribution in [2.24, 2.45) is 35.5 Å². The van der Waals surface area contributed by atoms with Crippen molar-refractivity contribution in [2.45, 2.75) is 25.8 Å². The molecule has 0 radical (unpaired) electrons. The van der Waals surface area contributed by atoms with Gasteiger partial charge in [0.1, 0.15) is 17.5 Å². The summed E-state index contributed by atoms with van der Waals surface area (Å²) in [6, 6.07) is 23.6. The summed E-state index contributed by atoms with van der Waals surface area (Å²) in [6.45, 7) is 2.02. The van der Waals surface area contributed by atoms with Gasteiger partial charge in [0, 0.05) is 12.1 Å². The quantitative estimate of drug-likeness (QED) is 0.336. The van der Waals surface area contributed by atoms with Gasteiger partial charge in [-0.15, -0.1) is 0 Å². The summed E-state index contributed by atoms with van der Waals surface area (Å²) in [4.78, 5) is 42.7. The van der Waals surface area contributed by atoms with Crippen LogP contribution in [0.15, 0.2) is 91.0 Å². The number of aryl methyl sites for hydroxylation is 1. The molecule has 1 aliphatic heterocycles. The molecule has 0 spiro atoms. The number of carbonyl (C=O) groups is 3. The fourth-order valence-electron chi connectivity index (χ4n) is 7.00. The highest BCUT2D eigenvalue weighted by Crippen LogP contribution is 2.65. The number of hydrogen-bond acceptors (Lipinski definition) is 4. The van der Waals surface area contributed by atoms with Gasteiger partial charge in [0.15, 0.2) is 0 Å². The third-order valence-corrected chi connectivity index (χ3v) is 8.96. The van der Waals surface area contributed by atoms with E-state index in [-0.39, 0.29) is 47.8 Å². The molecular weight excluding hydrogens is 488 g/mol. The summed E-state index contributed by atoms with van der Waals surface area (Å²) in [6.07, 6.45) is 5.68. The molecular formula is C33H30N2O4. The predicted octanol–water partition coefficient (Wildman–Crippen LogP) is 5.39. The first-order valence-corrected chi connectivity index (χ1v) is 13.7. The number of likely N-dealkylation sites (tertiary alicyclic amines) is 1. The molecule has 8 rings (SSSR count). The Morgan fingerprint density at radius 1 is 0.846 bits per heavy atom.